The zero-order chi connectivity index (χ0) is 25.7. The minimum absolute atomic E-state index is 0.0292. The minimum atomic E-state index is -0.200. The number of anilines is 1. The maximum atomic E-state index is 12.7. The fourth-order valence-corrected chi connectivity index (χ4v) is 4.76. The van der Waals surface area contributed by atoms with Gasteiger partial charge in [-0.25, -0.2) is 4.98 Å². The van der Waals surface area contributed by atoms with Gasteiger partial charge in [0.15, 0.2) is 0 Å². The average molecular weight is 512 g/mol. The Bertz CT molecular complexity index is 1420. The normalized spacial score (nSPS) is 11.1. The zero-order valence-electron chi connectivity index (χ0n) is 20.4. The molecule has 0 bridgehead atoms. The van der Waals surface area contributed by atoms with Crippen molar-refractivity contribution in [2.45, 2.75) is 31.2 Å². The molecule has 1 heterocycles. The molecule has 4 rings (SSSR count). The number of thioether (sulfide) groups is 1. The van der Waals surface area contributed by atoms with Gasteiger partial charge in [-0.1, -0.05) is 105 Å². The lowest BCUT2D eigenvalue weighted by molar-refractivity contribution is -0.113. The van der Waals surface area contributed by atoms with Gasteiger partial charge < -0.3 is 5.32 Å². The van der Waals surface area contributed by atoms with E-state index in [9.17, 15) is 10.1 Å². The number of hydrogen-bond acceptors (Lipinski definition) is 4. The van der Waals surface area contributed by atoms with Crippen LogP contribution in [0, 0.1) is 11.3 Å². The number of nitrogens with one attached hydrogen (secondary N) is 1. The first-order valence-electron chi connectivity index (χ1n) is 11.5. The summed E-state index contributed by atoms with van der Waals surface area (Å²) in [6.45, 7) is 6.52. The molecule has 0 aliphatic carbocycles. The van der Waals surface area contributed by atoms with E-state index < -0.39 is 0 Å². The maximum Gasteiger partial charge on any atom is 0.234 e. The van der Waals surface area contributed by atoms with Crippen LogP contribution in [0.4, 0.5) is 5.69 Å². The standard InChI is InChI=1S/C30H26ClN3OS/c1-30(2,3)22-14-12-20(13-15-22)25-17-27(21-8-5-4-6-9-21)34-29(26(25)18-32)36-19-28(35)33-24-11-7-10-23(31)16-24/h4-17H,19H2,1-3H3,(H,33,35). The van der Waals surface area contributed by atoms with E-state index in [0.717, 1.165) is 22.4 Å². The molecule has 1 aromatic heterocycles. The van der Waals surface area contributed by atoms with Gasteiger partial charge in [-0.15, -0.1) is 0 Å². The molecule has 1 amide bonds. The second-order valence-electron chi connectivity index (χ2n) is 9.39. The molecule has 0 saturated heterocycles. The molecule has 1 N–H and O–H groups in total. The minimum Gasteiger partial charge on any atom is -0.325 e. The molecule has 4 aromatic rings. The fourth-order valence-electron chi connectivity index (χ4n) is 3.77. The van der Waals surface area contributed by atoms with Crippen molar-refractivity contribution in [2.75, 3.05) is 11.1 Å². The predicted molar refractivity (Wildman–Crippen MR) is 149 cm³/mol. The van der Waals surface area contributed by atoms with Crippen molar-refractivity contribution in [1.82, 2.24) is 4.98 Å². The van der Waals surface area contributed by atoms with Crippen molar-refractivity contribution in [3.8, 4) is 28.5 Å². The van der Waals surface area contributed by atoms with Crippen molar-refractivity contribution in [1.29, 1.82) is 5.26 Å². The summed E-state index contributed by atoms with van der Waals surface area (Å²) in [7, 11) is 0. The SMILES string of the molecule is CC(C)(C)c1ccc(-c2cc(-c3ccccc3)nc(SCC(=O)Nc3cccc(Cl)c3)c2C#N)cc1. The fraction of sp³-hybridized carbons (Fsp3) is 0.167. The molecule has 0 aliphatic heterocycles. The first-order valence-corrected chi connectivity index (χ1v) is 12.9. The van der Waals surface area contributed by atoms with Crippen LogP contribution in [-0.4, -0.2) is 16.6 Å². The van der Waals surface area contributed by atoms with Gasteiger partial charge in [-0.2, -0.15) is 5.26 Å². The Hall–Kier alpha value is -3.59. The van der Waals surface area contributed by atoms with E-state index >= 15 is 0 Å². The average Bonchev–Trinajstić information content (AvgIpc) is 2.87. The van der Waals surface area contributed by atoms with Crippen LogP contribution < -0.4 is 5.32 Å². The van der Waals surface area contributed by atoms with Gasteiger partial charge in [0.25, 0.3) is 0 Å². The Balaban J connectivity index is 1.70. The topological polar surface area (TPSA) is 65.8 Å². The maximum absolute atomic E-state index is 12.7. The lowest BCUT2D eigenvalue weighted by Crippen LogP contribution is -2.14. The van der Waals surface area contributed by atoms with Crippen molar-refractivity contribution in [2.24, 2.45) is 0 Å². The summed E-state index contributed by atoms with van der Waals surface area (Å²) in [5, 5.41) is 14.0. The van der Waals surface area contributed by atoms with E-state index in [1.165, 1.54) is 17.3 Å². The molecule has 0 unspecified atom stereocenters. The first-order chi connectivity index (χ1) is 17.2. The van der Waals surface area contributed by atoms with Gasteiger partial charge in [-0.05, 0) is 40.8 Å². The molecule has 0 fully saturated rings. The third-order valence-corrected chi connectivity index (χ3v) is 6.89. The molecule has 3 aromatic carbocycles. The lowest BCUT2D eigenvalue weighted by atomic mass is 9.86. The van der Waals surface area contributed by atoms with Crippen LogP contribution in [0.15, 0.2) is 90.0 Å². The van der Waals surface area contributed by atoms with E-state index in [2.05, 4.69) is 44.3 Å². The Morgan fingerprint density at radius 1 is 0.972 bits per heavy atom. The summed E-state index contributed by atoms with van der Waals surface area (Å²) >= 11 is 7.27. The van der Waals surface area contributed by atoms with E-state index in [-0.39, 0.29) is 17.1 Å². The Morgan fingerprint density at radius 3 is 2.33 bits per heavy atom. The summed E-state index contributed by atoms with van der Waals surface area (Å²) in [6.07, 6.45) is 0. The highest BCUT2D eigenvalue weighted by Crippen LogP contribution is 2.35. The van der Waals surface area contributed by atoms with Gasteiger partial charge in [0.1, 0.15) is 11.1 Å². The number of amides is 1. The summed E-state index contributed by atoms with van der Waals surface area (Å²) in [5.74, 6) is -0.0939. The molecular weight excluding hydrogens is 486 g/mol. The number of nitrogens with zero attached hydrogens (tertiary/aromatic N) is 2. The van der Waals surface area contributed by atoms with Crippen LogP contribution >= 0.6 is 23.4 Å². The Morgan fingerprint density at radius 2 is 1.69 bits per heavy atom. The zero-order valence-corrected chi connectivity index (χ0v) is 22.0. The number of pyridine rings is 1. The molecular formula is C30H26ClN3OS. The molecule has 6 heteroatoms. The van der Waals surface area contributed by atoms with Gasteiger partial charge in [-0.3, -0.25) is 4.79 Å². The Kier molecular flexibility index (Phi) is 7.79. The number of carbonyl (C=O) groups is 1. The monoisotopic (exact) mass is 511 g/mol. The molecule has 180 valence electrons. The number of carbonyl (C=O) groups excluding carboxylic acids is 1. The van der Waals surface area contributed by atoms with Gasteiger partial charge in [0, 0.05) is 21.8 Å². The molecule has 0 spiro atoms. The third-order valence-electron chi connectivity index (χ3n) is 5.68. The van der Waals surface area contributed by atoms with Crippen LogP contribution in [0.1, 0.15) is 31.9 Å². The summed E-state index contributed by atoms with van der Waals surface area (Å²) < 4.78 is 0. The second-order valence-corrected chi connectivity index (χ2v) is 10.8. The number of nitriles is 1. The molecule has 0 atom stereocenters. The highest BCUT2D eigenvalue weighted by molar-refractivity contribution is 8.00. The number of benzene rings is 3. The van der Waals surface area contributed by atoms with Crippen LogP contribution in [0.25, 0.3) is 22.4 Å². The smallest absolute Gasteiger partial charge is 0.234 e. The van der Waals surface area contributed by atoms with Crippen LogP contribution in [0.3, 0.4) is 0 Å². The number of rotatable bonds is 6. The molecule has 36 heavy (non-hydrogen) atoms. The van der Waals surface area contributed by atoms with E-state index in [4.69, 9.17) is 16.6 Å². The van der Waals surface area contributed by atoms with E-state index in [1.54, 1.807) is 24.3 Å². The van der Waals surface area contributed by atoms with Crippen LogP contribution in [0.2, 0.25) is 5.02 Å². The lowest BCUT2D eigenvalue weighted by Gasteiger charge is -2.19. The molecule has 0 radical (unpaired) electrons. The number of hydrogen-bond donors (Lipinski definition) is 1. The second kappa shape index (κ2) is 11.0. The molecule has 4 nitrogen and oxygen atoms in total. The number of aromatic nitrogens is 1. The summed E-state index contributed by atoms with van der Waals surface area (Å²) in [6, 6.07) is 29.4. The summed E-state index contributed by atoms with van der Waals surface area (Å²) in [4.78, 5) is 17.4. The highest BCUT2D eigenvalue weighted by Gasteiger charge is 2.18. The third kappa shape index (κ3) is 6.15. The van der Waals surface area contributed by atoms with Crippen molar-refractivity contribution in [3.63, 3.8) is 0 Å². The van der Waals surface area contributed by atoms with E-state index in [1.807, 2.05) is 48.5 Å². The quantitative estimate of drug-likeness (QED) is 0.266. The number of halogens is 1. The van der Waals surface area contributed by atoms with Crippen LogP contribution in [0.5, 0.6) is 0 Å². The van der Waals surface area contributed by atoms with Crippen molar-refractivity contribution >= 4 is 35.0 Å². The van der Waals surface area contributed by atoms with Crippen molar-refractivity contribution in [3.05, 3.63) is 101 Å². The predicted octanol–water partition coefficient (Wildman–Crippen LogP) is 7.97. The summed E-state index contributed by atoms with van der Waals surface area (Å²) in [5.41, 5.74) is 5.75. The van der Waals surface area contributed by atoms with Gasteiger partial charge in [0.2, 0.25) is 5.91 Å². The molecule has 0 saturated carbocycles. The van der Waals surface area contributed by atoms with Gasteiger partial charge in [0.05, 0.1) is 17.0 Å². The van der Waals surface area contributed by atoms with Gasteiger partial charge >= 0.3 is 0 Å². The van der Waals surface area contributed by atoms with Crippen molar-refractivity contribution < 1.29 is 4.79 Å². The highest BCUT2D eigenvalue weighted by atomic mass is 35.5. The molecule has 0 aliphatic rings. The Labute approximate surface area is 221 Å². The van der Waals surface area contributed by atoms with Crippen LogP contribution in [-0.2, 0) is 10.2 Å². The van der Waals surface area contributed by atoms with E-state index in [0.29, 0.717) is 21.3 Å². The first kappa shape index (κ1) is 25.5. The largest absolute Gasteiger partial charge is 0.325 e.